The van der Waals surface area contributed by atoms with Gasteiger partial charge in [0, 0.05) is 35.4 Å². The Morgan fingerprint density at radius 1 is 1.24 bits per heavy atom. The van der Waals surface area contributed by atoms with Crippen LogP contribution < -0.4 is 15.4 Å². The molecule has 150 valence electrons. The van der Waals surface area contributed by atoms with E-state index in [9.17, 15) is 9.59 Å². The molecule has 1 aliphatic heterocycles. The van der Waals surface area contributed by atoms with Gasteiger partial charge in [0.15, 0.2) is 0 Å². The van der Waals surface area contributed by atoms with Crippen LogP contribution in [0.5, 0.6) is 5.75 Å². The highest BCUT2D eigenvalue weighted by atomic mass is 79.9. The molecule has 4 rings (SSSR count). The Bertz CT molecular complexity index is 1060. The Kier molecular flexibility index (Phi) is 5.80. The first-order chi connectivity index (χ1) is 14.1. The summed E-state index contributed by atoms with van der Waals surface area (Å²) in [5, 5.41) is 5.75. The lowest BCUT2D eigenvalue weighted by molar-refractivity contribution is -0.121. The van der Waals surface area contributed by atoms with Crippen LogP contribution in [0.3, 0.4) is 0 Å². The van der Waals surface area contributed by atoms with Crippen LogP contribution in [0.25, 0.3) is 5.65 Å². The van der Waals surface area contributed by atoms with Crippen LogP contribution in [-0.4, -0.2) is 27.8 Å². The first kappa shape index (κ1) is 19.4. The zero-order valence-corrected chi connectivity index (χ0v) is 17.4. The van der Waals surface area contributed by atoms with Crippen molar-refractivity contribution in [2.75, 3.05) is 11.9 Å². The third-order valence-corrected chi connectivity index (χ3v) is 5.19. The minimum absolute atomic E-state index is 0.0278. The molecule has 2 N–H and O–H groups in total. The summed E-state index contributed by atoms with van der Waals surface area (Å²) in [5.74, 6) is 0.782. The SMILES string of the molecule is O=C(CCCOc1ccc2c(c1)CCC(=O)N2)NCc1cn2cc(Br)ccc2n1. The number of hydrogen-bond acceptors (Lipinski definition) is 4. The van der Waals surface area contributed by atoms with Crippen LogP contribution in [-0.2, 0) is 22.6 Å². The van der Waals surface area contributed by atoms with Crippen molar-refractivity contribution < 1.29 is 14.3 Å². The monoisotopic (exact) mass is 456 g/mol. The van der Waals surface area contributed by atoms with Crippen molar-refractivity contribution in [1.82, 2.24) is 14.7 Å². The topological polar surface area (TPSA) is 84.7 Å². The standard InChI is InChI=1S/C21H21BrN4O3/c22-15-4-7-19-24-16(13-26(19)12-15)11-23-20(27)2-1-9-29-17-5-6-18-14(10-17)3-8-21(28)25-18/h4-7,10,12-13H,1-3,8-9,11H2,(H,23,27)(H,25,28). The van der Waals surface area contributed by atoms with Crippen molar-refractivity contribution in [3.05, 3.63) is 58.5 Å². The van der Waals surface area contributed by atoms with Gasteiger partial charge in [0.2, 0.25) is 11.8 Å². The maximum Gasteiger partial charge on any atom is 0.224 e. The second-order valence-electron chi connectivity index (χ2n) is 6.94. The average molecular weight is 457 g/mol. The second kappa shape index (κ2) is 8.65. The number of nitrogens with zero attached hydrogens (tertiary/aromatic N) is 2. The van der Waals surface area contributed by atoms with Gasteiger partial charge in [-0.05, 0) is 64.7 Å². The highest BCUT2D eigenvalue weighted by molar-refractivity contribution is 9.10. The van der Waals surface area contributed by atoms with E-state index in [1.54, 1.807) is 0 Å². The number of nitrogens with one attached hydrogen (secondary N) is 2. The molecule has 0 saturated heterocycles. The number of carbonyl (C=O) groups is 2. The first-order valence-corrected chi connectivity index (χ1v) is 10.3. The minimum Gasteiger partial charge on any atom is -0.494 e. The fourth-order valence-corrected chi connectivity index (χ4v) is 3.60. The zero-order valence-electron chi connectivity index (χ0n) is 15.8. The van der Waals surface area contributed by atoms with Crippen LogP contribution >= 0.6 is 15.9 Å². The fourth-order valence-electron chi connectivity index (χ4n) is 3.25. The van der Waals surface area contributed by atoms with Crippen molar-refractivity contribution >= 4 is 39.1 Å². The third-order valence-electron chi connectivity index (χ3n) is 4.72. The number of amides is 2. The number of carbonyl (C=O) groups excluding carboxylic acids is 2. The largest absolute Gasteiger partial charge is 0.494 e. The molecule has 0 bridgehead atoms. The van der Waals surface area contributed by atoms with E-state index < -0.39 is 0 Å². The van der Waals surface area contributed by atoms with Crippen molar-refractivity contribution in [3.8, 4) is 5.75 Å². The molecule has 0 radical (unpaired) electrons. The summed E-state index contributed by atoms with van der Waals surface area (Å²) < 4.78 is 8.64. The lowest BCUT2D eigenvalue weighted by Gasteiger charge is -2.17. The average Bonchev–Trinajstić information content (AvgIpc) is 3.11. The molecule has 2 amide bonds. The molecular formula is C21H21BrN4O3. The lowest BCUT2D eigenvalue weighted by atomic mass is 10.0. The summed E-state index contributed by atoms with van der Waals surface area (Å²) >= 11 is 3.43. The number of rotatable bonds is 7. The number of benzene rings is 1. The number of imidazole rings is 1. The van der Waals surface area contributed by atoms with Gasteiger partial charge < -0.3 is 19.8 Å². The predicted molar refractivity (Wildman–Crippen MR) is 113 cm³/mol. The van der Waals surface area contributed by atoms with Crippen LogP contribution in [0, 0.1) is 0 Å². The van der Waals surface area contributed by atoms with E-state index in [1.165, 1.54) is 0 Å². The van der Waals surface area contributed by atoms with Gasteiger partial charge in [-0.2, -0.15) is 0 Å². The first-order valence-electron chi connectivity index (χ1n) is 9.52. The van der Waals surface area contributed by atoms with Gasteiger partial charge in [-0.15, -0.1) is 0 Å². The van der Waals surface area contributed by atoms with E-state index in [0.717, 1.165) is 39.2 Å². The molecule has 0 aliphatic carbocycles. The Morgan fingerprint density at radius 2 is 2.14 bits per heavy atom. The molecule has 1 aliphatic rings. The van der Waals surface area contributed by atoms with E-state index in [1.807, 2.05) is 47.1 Å². The molecule has 0 spiro atoms. The highest BCUT2D eigenvalue weighted by Gasteiger charge is 2.15. The number of aryl methyl sites for hydroxylation is 1. The molecule has 3 aromatic rings. The van der Waals surface area contributed by atoms with Gasteiger partial charge in [-0.25, -0.2) is 4.98 Å². The maximum absolute atomic E-state index is 12.1. The van der Waals surface area contributed by atoms with E-state index in [2.05, 4.69) is 31.5 Å². The lowest BCUT2D eigenvalue weighted by Crippen LogP contribution is -2.23. The number of pyridine rings is 1. The molecule has 8 heteroatoms. The summed E-state index contributed by atoms with van der Waals surface area (Å²) in [7, 11) is 0. The Balaban J connectivity index is 1.19. The number of halogens is 1. The normalized spacial score (nSPS) is 13.1. The van der Waals surface area contributed by atoms with Crippen LogP contribution in [0.15, 0.2) is 47.2 Å². The van der Waals surface area contributed by atoms with Gasteiger partial charge in [0.1, 0.15) is 11.4 Å². The Morgan fingerprint density at radius 3 is 3.03 bits per heavy atom. The summed E-state index contributed by atoms with van der Waals surface area (Å²) in [5.41, 5.74) is 3.59. The minimum atomic E-state index is -0.0278. The van der Waals surface area contributed by atoms with Gasteiger partial charge >= 0.3 is 0 Å². The van der Waals surface area contributed by atoms with E-state index in [4.69, 9.17) is 4.74 Å². The predicted octanol–water partition coefficient (Wildman–Crippen LogP) is 3.46. The molecule has 0 unspecified atom stereocenters. The second-order valence-corrected chi connectivity index (χ2v) is 7.86. The molecule has 0 saturated carbocycles. The molecule has 0 fully saturated rings. The third kappa shape index (κ3) is 4.95. The maximum atomic E-state index is 12.1. The van der Waals surface area contributed by atoms with Crippen molar-refractivity contribution in [2.45, 2.75) is 32.2 Å². The van der Waals surface area contributed by atoms with Crippen molar-refractivity contribution in [3.63, 3.8) is 0 Å². The van der Waals surface area contributed by atoms with Crippen LogP contribution in [0.1, 0.15) is 30.5 Å². The smallest absolute Gasteiger partial charge is 0.224 e. The summed E-state index contributed by atoms with van der Waals surface area (Å²) in [6, 6.07) is 9.51. The molecule has 2 aromatic heterocycles. The molecule has 0 atom stereocenters. The molecule has 3 heterocycles. The number of aromatic nitrogens is 2. The van der Waals surface area contributed by atoms with E-state index in [0.29, 0.717) is 32.4 Å². The molecule has 29 heavy (non-hydrogen) atoms. The van der Waals surface area contributed by atoms with Crippen molar-refractivity contribution in [1.29, 1.82) is 0 Å². The Labute approximate surface area is 176 Å². The van der Waals surface area contributed by atoms with E-state index >= 15 is 0 Å². The molecule has 1 aromatic carbocycles. The number of fused-ring (bicyclic) bond motifs is 2. The summed E-state index contributed by atoms with van der Waals surface area (Å²) in [6.45, 7) is 0.858. The van der Waals surface area contributed by atoms with Gasteiger partial charge in [-0.1, -0.05) is 0 Å². The van der Waals surface area contributed by atoms with Gasteiger partial charge in [-0.3, -0.25) is 9.59 Å². The zero-order chi connectivity index (χ0) is 20.2. The van der Waals surface area contributed by atoms with Crippen LogP contribution in [0.2, 0.25) is 0 Å². The molecule has 7 nitrogen and oxygen atoms in total. The highest BCUT2D eigenvalue weighted by Crippen LogP contribution is 2.26. The Hall–Kier alpha value is -2.87. The number of hydrogen-bond donors (Lipinski definition) is 2. The summed E-state index contributed by atoms with van der Waals surface area (Å²) in [4.78, 5) is 27.9. The van der Waals surface area contributed by atoms with Gasteiger partial charge in [0.05, 0.1) is 18.8 Å². The number of ether oxygens (including phenoxy) is 1. The summed E-state index contributed by atoms with van der Waals surface area (Å²) in [6.07, 6.45) is 6.07. The quantitative estimate of drug-likeness (QED) is 0.533. The van der Waals surface area contributed by atoms with Crippen molar-refractivity contribution in [2.24, 2.45) is 0 Å². The fraction of sp³-hybridized carbons (Fsp3) is 0.286. The molecular weight excluding hydrogens is 436 g/mol. The van der Waals surface area contributed by atoms with E-state index in [-0.39, 0.29) is 11.8 Å². The number of anilines is 1. The van der Waals surface area contributed by atoms with Gasteiger partial charge in [0.25, 0.3) is 0 Å². The van der Waals surface area contributed by atoms with Crippen LogP contribution in [0.4, 0.5) is 5.69 Å².